The molecule has 0 spiro atoms. The first-order valence-electron chi connectivity index (χ1n) is 10.8. The Bertz CT molecular complexity index is 691. The van der Waals surface area contributed by atoms with Crippen LogP contribution < -0.4 is 13.7 Å². The zero-order valence-corrected chi connectivity index (χ0v) is 18.8. The number of ether oxygens (including phenoxy) is 1. The van der Waals surface area contributed by atoms with E-state index in [-0.39, 0.29) is 6.10 Å². The van der Waals surface area contributed by atoms with Crippen LogP contribution in [0.15, 0.2) is 48.5 Å². The molecule has 0 saturated carbocycles. The molecule has 1 atom stereocenters. The maximum atomic E-state index is 12.9. The maximum absolute atomic E-state index is 12.9. The molecular weight excluding hydrogens is 391 g/mol. The molecule has 0 aromatic heterocycles. The summed E-state index contributed by atoms with van der Waals surface area (Å²) in [5.74, 6) is 0.862. The van der Waals surface area contributed by atoms with E-state index in [0.29, 0.717) is 0 Å². The van der Waals surface area contributed by atoms with Gasteiger partial charge in [0, 0.05) is 0 Å². The zero-order valence-electron chi connectivity index (χ0n) is 17.7. The van der Waals surface area contributed by atoms with Crippen LogP contribution in [0.3, 0.4) is 0 Å². The zero-order chi connectivity index (χ0) is 20.2. The molecule has 0 aliphatic rings. The van der Waals surface area contributed by atoms with E-state index >= 15 is 0 Å². The SMILES string of the molecule is CCCCCCC(C)Oc1cc[c]([Co](=[O])[c]2ccc(CCCCC)cc2)cc1. The molecule has 2 nitrogen and oxygen atoms in total. The van der Waals surface area contributed by atoms with Gasteiger partial charge in [0.2, 0.25) is 0 Å². The van der Waals surface area contributed by atoms with Crippen LogP contribution in [0, 0.1) is 0 Å². The second kappa shape index (κ2) is 12.9. The molecule has 0 bridgehead atoms. The Labute approximate surface area is 175 Å². The van der Waals surface area contributed by atoms with Gasteiger partial charge in [-0.05, 0) is 0 Å². The molecule has 28 heavy (non-hydrogen) atoms. The standard InChI is InChI=1S/C14H21O.C11H15.Co.O/c1-3-4-5-7-10-13(2)15-14-11-8-6-9-12-14;1-2-3-5-8-11-9-6-4-7-10-11;;/h8-9,11-13H,3-5,7,10H2,1-2H3;6-7,9-10H,2-3,5,8H2,1H3;;. The topological polar surface area (TPSA) is 26.3 Å². The van der Waals surface area contributed by atoms with Crippen molar-refractivity contribution in [2.75, 3.05) is 0 Å². The van der Waals surface area contributed by atoms with Gasteiger partial charge in [0.05, 0.1) is 0 Å². The Morgan fingerprint density at radius 1 is 0.786 bits per heavy atom. The van der Waals surface area contributed by atoms with E-state index < -0.39 is 13.6 Å². The summed E-state index contributed by atoms with van der Waals surface area (Å²) in [6.07, 6.45) is 11.2. The Kier molecular flexibility index (Phi) is 10.5. The fourth-order valence-electron chi connectivity index (χ4n) is 3.19. The molecule has 0 heterocycles. The van der Waals surface area contributed by atoms with Gasteiger partial charge in [-0.25, -0.2) is 0 Å². The summed E-state index contributed by atoms with van der Waals surface area (Å²) in [5.41, 5.74) is 1.33. The van der Waals surface area contributed by atoms with Crippen LogP contribution in [0.1, 0.15) is 77.7 Å². The predicted molar refractivity (Wildman–Crippen MR) is 115 cm³/mol. The van der Waals surface area contributed by atoms with Gasteiger partial charge >= 0.3 is 176 Å². The molecule has 3 heteroatoms. The minimum atomic E-state index is -1.53. The Morgan fingerprint density at radius 2 is 1.36 bits per heavy atom. The van der Waals surface area contributed by atoms with E-state index in [1.54, 1.807) is 0 Å². The molecule has 0 N–H and O–H groups in total. The molecule has 157 valence electrons. The van der Waals surface area contributed by atoms with Crippen LogP contribution in [0.4, 0.5) is 0 Å². The van der Waals surface area contributed by atoms with Crippen molar-refractivity contribution in [1.29, 1.82) is 0 Å². The van der Waals surface area contributed by atoms with E-state index in [2.05, 4.69) is 32.9 Å². The van der Waals surface area contributed by atoms with Gasteiger partial charge in [0.15, 0.2) is 0 Å². The average molecular weight is 427 g/mol. The third kappa shape index (κ3) is 7.88. The number of benzene rings is 2. The molecule has 0 aliphatic heterocycles. The van der Waals surface area contributed by atoms with E-state index in [1.807, 2.05) is 36.4 Å². The van der Waals surface area contributed by atoms with E-state index in [9.17, 15) is 3.87 Å². The first-order chi connectivity index (χ1) is 13.6. The average Bonchev–Trinajstić information content (AvgIpc) is 2.72. The molecule has 0 radical (unpaired) electrons. The number of hydrogen-bond acceptors (Lipinski definition) is 2. The number of hydrogen-bond donors (Lipinski definition) is 0. The molecule has 0 aliphatic carbocycles. The van der Waals surface area contributed by atoms with Crippen LogP contribution >= 0.6 is 0 Å². The number of unbranched alkanes of at least 4 members (excludes halogenated alkanes) is 5. The van der Waals surface area contributed by atoms with Crippen molar-refractivity contribution in [1.82, 2.24) is 0 Å². The van der Waals surface area contributed by atoms with Crippen molar-refractivity contribution < 1.29 is 22.2 Å². The van der Waals surface area contributed by atoms with Gasteiger partial charge in [-0.2, -0.15) is 0 Å². The normalized spacial score (nSPS) is 12.6. The summed E-state index contributed by atoms with van der Waals surface area (Å²) < 4.78 is 20.6. The minimum absolute atomic E-state index is 0.219. The number of aryl methyl sites for hydroxylation is 1. The molecule has 0 fully saturated rings. The summed E-state index contributed by atoms with van der Waals surface area (Å²) >= 11 is -1.53. The monoisotopic (exact) mass is 427 g/mol. The molecule has 1 unspecified atom stereocenters. The Morgan fingerprint density at radius 3 is 1.96 bits per heavy atom. The van der Waals surface area contributed by atoms with Crippen LogP contribution in [0.25, 0.3) is 0 Å². The first-order valence-corrected chi connectivity index (χ1v) is 12.3. The van der Waals surface area contributed by atoms with Gasteiger partial charge in [-0.15, -0.1) is 0 Å². The molecule has 2 aromatic rings. The summed E-state index contributed by atoms with van der Waals surface area (Å²) in [7, 11) is 0. The van der Waals surface area contributed by atoms with Gasteiger partial charge < -0.3 is 0 Å². The van der Waals surface area contributed by atoms with Crippen molar-refractivity contribution in [3.05, 3.63) is 54.1 Å². The van der Waals surface area contributed by atoms with Gasteiger partial charge in [0.1, 0.15) is 0 Å². The summed E-state index contributed by atoms with van der Waals surface area (Å²) in [6, 6.07) is 16.0. The number of rotatable bonds is 13. The fraction of sp³-hybridized carbons (Fsp3) is 0.520. The van der Waals surface area contributed by atoms with E-state index in [4.69, 9.17) is 4.74 Å². The third-order valence-electron chi connectivity index (χ3n) is 4.92. The van der Waals surface area contributed by atoms with Gasteiger partial charge in [-0.1, -0.05) is 0 Å². The van der Waals surface area contributed by atoms with Crippen molar-refractivity contribution in [2.45, 2.75) is 84.7 Å². The molecule has 0 saturated heterocycles. The molecular formula is C25H36CoO2. The second-order valence-electron chi connectivity index (χ2n) is 7.48. The van der Waals surface area contributed by atoms with E-state index in [1.165, 1.54) is 50.5 Å². The predicted octanol–water partition coefficient (Wildman–Crippen LogP) is 6.07. The Hall–Kier alpha value is -1.45. The summed E-state index contributed by atoms with van der Waals surface area (Å²) in [4.78, 5) is 0. The van der Waals surface area contributed by atoms with Crippen LogP contribution in [0.2, 0.25) is 0 Å². The van der Waals surface area contributed by atoms with Crippen molar-refractivity contribution in [2.24, 2.45) is 0 Å². The van der Waals surface area contributed by atoms with Crippen molar-refractivity contribution in [3.8, 4) is 5.75 Å². The Balaban J connectivity index is 1.87. The van der Waals surface area contributed by atoms with Crippen molar-refractivity contribution >= 4 is 9.00 Å². The van der Waals surface area contributed by atoms with Crippen LogP contribution in [-0.4, -0.2) is 6.10 Å². The van der Waals surface area contributed by atoms with Gasteiger partial charge in [0.25, 0.3) is 0 Å². The summed E-state index contributed by atoms with van der Waals surface area (Å²) in [6.45, 7) is 6.58. The molecule has 0 amide bonds. The molecule has 2 rings (SSSR count). The van der Waals surface area contributed by atoms with Gasteiger partial charge in [-0.3, -0.25) is 0 Å². The molecule has 2 aromatic carbocycles. The summed E-state index contributed by atoms with van der Waals surface area (Å²) in [5, 5.41) is 0. The fourth-order valence-corrected chi connectivity index (χ4v) is 4.52. The first kappa shape index (κ1) is 22.8. The van der Waals surface area contributed by atoms with Crippen molar-refractivity contribution in [3.63, 3.8) is 0 Å². The third-order valence-corrected chi connectivity index (χ3v) is 6.70. The van der Waals surface area contributed by atoms with Crippen LogP contribution in [-0.2, 0) is 23.9 Å². The van der Waals surface area contributed by atoms with Crippen LogP contribution in [0.5, 0.6) is 5.75 Å². The second-order valence-corrected chi connectivity index (χ2v) is 9.37. The quantitative estimate of drug-likeness (QED) is 0.363. The van der Waals surface area contributed by atoms with E-state index in [0.717, 1.165) is 27.6 Å².